The third kappa shape index (κ3) is 2.27. The smallest absolute Gasteiger partial charge is 0.254 e. The van der Waals surface area contributed by atoms with Crippen LogP contribution >= 0.6 is 22.9 Å². The third-order valence-corrected chi connectivity index (χ3v) is 6.41. The molecule has 2 aromatic heterocycles. The first kappa shape index (κ1) is 15.0. The first-order valence-corrected chi connectivity index (χ1v) is 8.78. The summed E-state index contributed by atoms with van der Waals surface area (Å²) >= 11 is 7.28. The molecule has 0 atom stereocenters. The molecule has 3 heterocycles. The molecule has 2 aliphatic rings. The third-order valence-electron chi connectivity index (χ3n) is 4.84. The zero-order valence-corrected chi connectivity index (χ0v) is 14.2. The molecule has 0 unspecified atom stereocenters. The number of carbonyl (C=O) groups is 1. The van der Waals surface area contributed by atoms with Gasteiger partial charge in [-0.3, -0.25) is 4.79 Å². The molecule has 1 fully saturated rings. The molecule has 1 amide bonds. The van der Waals surface area contributed by atoms with Crippen LogP contribution in [0.4, 0.5) is 4.39 Å². The van der Waals surface area contributed by atoms with Crippen molar-refractivity contribution in [2.45, 2.75) is 31.1 Å². The summed E-state index contributed by atoms with van der Waals surface area (Å²) in [6.07, 6.45) is 5.56. The largest absolute Gasteiger partial charge is 0.341 e. The molecule has 1 saturated carbocycles. The normalized spacial score (nSPS) is 19.4. The van der Waals surface area contributed by atoms with Crippen LogP contribution in [0.1, 0.15) is 40.9 Å². The fourth-order valence-electron chi connectivity index (χ4n) is 3.82. The van der Waals surface area contributed by atoms with E-state index < -0.39 is 5.82 Å². The van der Waals surface area contributed by atoms with Gasteiger partial charge in [-0.1, -0.05) is 12.8 Å². The molecule has 4 nitrogen and oxygen atoms in total. The van der Waals surface area contributed by atoms with Gasteiger partial charge in [-0.15, -0.1) is 11.3 Å². The minimum atomic E-state index is -0.519. The number of thiophene rings is 1. The Balaban J connectivity index is 1.89. The number of hydrogen-bond donors (Lipinski definition) is 0. The number of carbonyl (C=O) groups excluding carboxylic acids is 1. The highest BCUT2D eigenvalue weighted by Crippen LogP contribution is 2.50. The van der Waals surface area contributed by atoms with Crippen LogP contribution in [0.25, 0.3) is 10.6 Å². The maximum absolute atomic E-state index is 14.1. The highest BCUT2D eigenvalue weighted by atomic mass is 35.5. The van der Waals surface area contributed by atoms with E-state index in [9.17, 15) is 9.18 Å². The molecule has 1 spiro atoms. The number of amides is 1. The second-order valence-electron chi connectivity index (χ2n) is 6.34. The summed E-state index contributed by atoms with van der Waals surface area (Å²) in [5.74, 6) is -0.519. The monoisotopic (exact) mass is 351 g/mol. The Bertz CT molecular complexity index is 801. The van der Waals surface area contributed by atoms with Gasteiger partial charge in [0, 0.05) is 23.9 Å². The summed E-state index contributed by atoms with van der Waals surface area (Å²) in [7, 11) is 1.84. The molecule has 0 saturated heterocycles. The second-order valence-corrected chi connectivity index (χ2v) is 7.73. The predicted molar refractivity (Wildman–Crippen MR) is 87.4 cm³/mol. The van der Waals surface area contributed by atoms with E-state index >= 15 is 0 Å². The maximum atomic E-state index is 14.1. The lowest BCUT2D eigenvalue weighted by Crippen LogP contribution is -2.45. The summed E-state index contributed by atoms with van der Waals surface area (Å²) in [6.45, 7) is 0.742. The molecule has 0 radical (unpaired) electrons. The first-order chi connectivity index (χ1) is 11.0. The second kappa shape index (κ2) is 5.24. The fourth-order valence-corrected chi connectivity index (χ4v) is 5.33. The van der Waals surface area contributed by atoms with E-state index in [0.29, 0.717) is 10.4 Å². The molecule has 120 valence electrons. The average molecular weight is 352 g/mol. The standard InChI is InChI=1S/C16H15ClFN3OS/c1-21-8-16(4-2-3-5-16)13-9(14(21)22)6-11(23-13)12-10(18)7-19-15(17)20-12/h6-7H,2-5,8H2,1H3. The van der Waals surface area contributed by atoms with Crippen molar-refractivity contribution in [2.24, 2.45) is 0 Å². The molecule has 1 aliphatic carbocycles. The van der Waals surface area contributed by atoms with Crippen LogP contribution in [0.5, 0.6) is 0 Å². The van der Waals surface area contributed by atoms with Crippen molar-refractivity contribution in [1.82, 2.24) is 14.9 Å². The van der Waals surface area contributed by atoms with Gasteiger partial charge in [0.1, 0.15) is 5.69 Å². The van der Waals surface area contributed by atoms with Crippen molar-refractivity contribution >= 4 is 28.8 Å². The summed E-state index contributed by atoms with van der Waals surface area (Å²) < 4.78 is 14.1. The van der Waals surface area contributed by atoms with Crippen LogP contribution < -0.4 is 0 Å². The summed E-state index contributed by atoms with van der Waals surface area (Å²) in [5, 5.41) is 0.00629. The maximum Gasteiger partial charge on any atom is 0.254 e. The lowest BCUT2D eigenvalue weighted by Gasteiger charge is -2.38. The summed E-state index contributed by atoms with van der Waals surface area (Å²) in [6, 6.07) is 1.76. The molecule has 0 aromatic carbocycles. The van der Waals surface area contributed by atoms with E-state index in [4.69, 9.17) is 11.6 Å². The van der Waals surface area contributed by atoms with Gasteiger partial charge in [0.15, 0.2) is 5.82 Å². The molecular formula is C16H15ClFN3OS. The van der Waals surface area contributed by atoms with E-state index in [-0.39, 0.29) is 22.3 Å². The van der Waals surface area contributed by atoms with Gasteiger partial charge in [0.25, 0.3) is 5.91 Å². The van der Waals surface area contributed by atoms with Crippen molar-refractivity contribution in [3.63, 3.8) is 0 Å². The highest BCUT2D eigenvalue weighted by molar-refractivity contribution is 7.16. The Labute approximate surface area is 142 Å². The molecule has 4 rings (SSSR count). The molecule has 7 heteroatoms. The Morgan fingerprint density at radius 3 is 2.87 bits per heavy atom. The Morgan fingerprint density at radius 2 is 2.13 bits per heavy atom. The van der Waals surface area contributed by atoms with Crippen LogP contribution in [-0.2, 0) is 5.41 Å². The van der Waals surface area contributed by atoms with Gasteiger partial charge in [-0.25, -0.2) is 14.4 Å². The van der Waals surface area contributed by atoms with E-state index in [0.717, 1.165) is 30.5 Å². The van der Waals surface area contributed by atoms with Crippen LogP contribution in [0.15, 0.2) is 12.3 Å². The van der Waals surface area contributed by atoms with Crippen molar-refractivity contribution in [3.8, 4) is 10.6 Å². The number of aromatic nitrogens is 2. The van der Waals surface area contributed by atoms with Gasteiger partial charge in [0.05, 0.1) is 16.6 Å². The minimum Gasteiger partial charge on any atom is -0.341 e. The lowest BCUT2D eigenvalue weighted by molar-refractivity contribution is 0.0728. The van der Waals surface area contributed by atoms with E-state index in [2.05, 4.69) is 9.97 Å². The molecule has 0 bridgehead atoms. The van der Waals surface area contributed by atoms with Crippen LogP contribution in [0.3, 0.4) is 0 Å². The zero-order valence-electron chi connectivity index (χ0n) is 12.6. The average Bonchev–Trinajstić information content (AvgIpc) is 3.15. The van der Waals surface area contributed by atoms with Crippen LogP contribution in [0.2, 0.25) is 5.28 Å². The first-order valence-electron chi connectivity index (χ1n) is 7.58. The van der Waals surface area contributed by atoms with Crippen molar-refractivity contribution in [1.29, 1.82) is 0 Å². The number of rotatable bonds is 1. The lowest BCUT2D eigenvalue weighted by atomic mass is 9.79. The number of likely N-dealkylation sites (N-methyl/N-ethyl adjacent to an activating group) is 1. The predicted octanol–water partition coefficient (Wildman–Crippen LogP) is 3.90. The van der Waals surface area contributed by atoms with Gasteiger partial charge in [-0.05, 0) is 30.5 Å². The van der Waals surface area contributed by atoms with Crippen molar-refractivity contribution in [2.75, 3.05) is 13.6 Å². The minimum absolute atomic E-state index is 0.000543. The number of hydrogen-bond acceptors (Lipinski definition) is 4. The molecular weight excluding hydrogens is 337 g/mol. The Kier molecular flexibility index (Phi) is 3.43. The fraction of sp³-hybridized carbons (Fsp3) is 0.438. The quantitative estimate of drug-likeness (QED) is 0.732. The molecule has 0 N–H and O–H groups in total. The Morgan fingerprint density at radius 1 is 1.39 bits per heavy atom. The number of fused-ring (bicyclic) bond motifs is 2. The topological polar surface area (TPSA) is 46.1 Å². The number of halogens is 2. The van der Waals surface area contributed by atoms with Crippen molar-refractivity contribution in [3.05, 3.63) is 33.8 Å². The van der Waals surface area contributed by atoms with E-state index in [1.807, 2.05) is 7.05 Å². The Hall–Kier alpha value is -1.53. The van der Waals surface area contributed by atoms with Gasteiger partial charge in [-0.2, -0.15) is 0 Å². The summed E-state index contributed by atoms with van der Waals surface area (Å²) in [5.41, 5.74) is 0.886. The molecule has 23 heavy (non-hydrogen) atoms. The SMILES string of the molecule is CN1CC2(CCCC2)c2sc(-c3nc(Cl)ncc3F)cc2C1=O. The van der Waals surface area contributed by atoms with Crippen LogP contribution in [-0.4, -0.2) is 34.4 Å². The van der Waals surface area contributed by atoms with Crippen LogP contribution in [0, 0.1) is 5.82 Å². The zero-order chi connectivity index (χ0) is 16.2. The highest BCUT2D eigenvalue weighted by Gasteiger charge is 2.45. The summed E-state index contributed by atoms with van der Waals surface area (Å²) in [4.78, 5) is 23.7. The number of nitrogens with zero attached hydrogens (tertiary/aromatic N) is 3. The van der Waals surface area contributed by atoms with E-state index in [1.54, 1.807) is 11.0 Å². The van der Waals surface area contributed by atoms with Gasteiger partial charge >= 0.3 is 0 Å². The van der Waals surface area contributed by atoms with Crippen molar-refractivity contribution < 1.29 is 9.18 Å². The van der Waals surface area contributed by atoms with Gasteiger partial charge in [0.2, 0.25) is 5.28 Å². The molecule has 1 aliphatic heterocycles. The molecule has 2 aromatic rings. The van der Waals surface area contributed by atoms with Gasteiger partial charge < -0.3 is 4.90 Å². The van der Waals surface area contributed by atoms with E-state index in [1.165, 1.54) is 24.2 Å².